The summed E-state index contributed by atoms with van der Waals surface area (Å²) in [7, 11) is 3.23. The Hall–Kier alpha value is -3.18. The molecule has 156 valence electrons. The Morgan fingerprint density at radius 2 is 1.57 bits per heavy atom. The van der Waals surface area contributed by atoms with Crippen molar-refractivity contribution in [2.45, 2.75) is 12.5 Å². The lowest BCUT2D eigenvalue weighted by atomic mass is 10.0. The van der Waals surface area contributed by atoms with E-state index in [1.54, 1.807) is 12.1 Å². The maximum Gasteiger partial charge on any atom is 0.319 e. The second kappa shape index (κ2) is 10.6. The molecule has 0 aromatic heterocycles. The van der Waals surface area contributed by atoms with Crippen LogP contribution in [0.1, 0.15) is 18.1 Å². The van der Waals surface area contributed by atoms with Crippen molar-refractivity contribution in [2.75, 3.05) is 27.2 Å². The molecule has 0 amide bonds. The number of likely N-dealkylation sites (N-methyl/N-ethyl adjacent to an activating group) is 1. The highest BCUT2D eigenvalue weighted by Crippen LogP contribution is 2.28. The number of rotatable bonds is 9. The molecule has 3 aromatic rings. The molecule has 30 heavy (non-hydrogen) atoms. The van der Waals surface area contributed by atoms with Crippen LogP contribution in [-0.2, 0) is 9.53 Å². The molecule has 0 aliphatic carbocycles. The first-order valence-corrected chi connectivity index (χ1v) is 9.88. The summed E-state index contributed by atoms with van der Waals surface area (Å²) >= 11 is 0. The van der Waals surface area contributed by atoms with Crippen molar-refractivity contribution in [3.63, 3.8) is 0 Å². The van der Waals surface area contributed by atoms with E-state index in [9.17, 15) is 9.18 Å². The van der Waals surface area contributed by atoms with Crippen LogP contribution in [-0.4, -0.2) is 38.1 Å². The van der Waals surface area contributed by atoms with Gasteiger partial charge in [-0.25, -0.2) is 4.39 Å². The number of hydrogen-bond acceptors (Lipinski definition) is 4. The minimum atomic E-state index is -0.285. The van der Waals surface area contributed by atoms with Crippen molar-refractivity contribution in [1.29, 1.82) is 0 Å². The summed E-state index contributed by atoms with van der Waals surface area (Å²) in [5, 5.41) is 0. The highest BCUT2D eigenvalue weighted by Gasteiger charge is 2.16. The molecule has 3 rings (SSSR count). The van der Waals surface area contributed by atoms with Gasteiger partial charge in [0.15, 0.2) is 0 Å². The molecule has 1 atom stereocenters. The summed E-state index contributed by atoms with van der Waals surface area (Å²) in [5.41, 5.74) is 3.14. The molecule has 0 unspecified atom stereocenters. The molecule has 5 heteroatoms. The van der Waals surface area contributed by atoms with Crippen molar-refractivity contribution in [1.82, 2.24) is 4.90 Å². The van der Waals surface area contributed by atoms with Crippen LogP contribution >= 0.6 is 0 Å². The van der Waals surface area contributed by atoms with E-state index in [0.717, 1.165) is 22.4 Å². The normalized spacial score (nSPS) is 11.9. The van der Waals surface area contributed by atoms with Crippen LogP contribution in [0, 0.1) is 5.82 Å². The summed E-state index contributed by atoms with van der Waals surface area (Å²) in [6, 6.07) is 24.4. The molecule has 0 saturated heterocycles. The van der Waals surface area contributed by atoms with Crippen molar-refractivity contribution >= 4 is 5.97 Å². The van der Waals surface area contributed by atoms with Gasteiger partial charge in [-0.2, -0.15) is 0 Å². The Morgan fingerprint density at radius 3 is 2.20 bits per heavy atom. The maximum atomic E-state index is 13.4. The van der Waals surface area contributed by atoms with Gasteiger partial charge in [0, 0.05) is 13.0 Å². The number of hydrogen-bond donors (Lipinski definition) is 0. The van der Waals surface area contributed by atoms with Crippen LogP contribution in [0.25, 0.3) is 11.1 Å². The average molecular weight is 406 g/mol. The topological polar surface area (TPSA) is 38.8 Å². The molecule has 0 radical (unpaired) electrons. The molecule has 0 fully saturated rings. The van der Waals surface area contributed by atoms with E-state index in [4.69, 9.17) is 9.47 Å². The molecule has 0 aliphatic rings. The maximum absolute atomic E-state index is 13.4. The summed E-state index contributed by atoms with van der Waals surface area (Å²) in [4.78, 5) is 13.4. The predicted octanol–water partition coefficient (Wildman–Crippen LogP) is 5.11. The molecule has 3 aromatic carbocycles. The molecule has 4 nitrogen and oxygen atoms in total. The van der Waals surface area contributed by atoms with E-state index < -0.39 is 0 Å². The molecule has 0 bridgehead atoms. The summed E-state index contributed by atoms with van der Waals surface area (Å²) in [6.07, 6.45) is 0.368. The van der Waals surface area contributed by atoms with Crippen LogP contribution in [0.15, 0.2) is 78.9 Å². The number of carbonyl (C=O) groups is 1. The van der Waals surface area contributed by atoms with E-state index in [1.807, 2.05) is 54.4 Å². The van der Waals surface area contributed by atoms with Crippen molar-refractivity contribution in [3.05, 3.63) is 90.2 Å². The largest absolute Gasteiger partial charge is 0.486 e. The van der Waals surface area contributed by atoms with E-state index in [2.05, 4.69) is 12.1 Å². The molecule has 0 N–H and O–H groups in total. The van der Waals surface area contributed by atoms with Gasteiger partial charge >= 0.3 is 5.97 Å². The lowest BCUT2D eigenvalue weighted by Crippen LogP contribution is -2.29. The van der Waals surface area contributed by atoms with Gasteiger partial charge in [-0.05, 0) is 48.0 Å². The first-order chi connectivity index (χ1) is 14.5. The van der Waals surface area contributed by atoms with Crippen LogP contribution in [0.5, 0.6) is 5.75 Å². The first kappa shape index (κ1) is 21.5. The number of ether oxygens (including phenoxy) is 2. The van der Waals surface area contributed by atoms with Crippen LogP contribution in [0.2, 0.25) is 0 Å². The Bertz CT molecular complexity index is 927. The lowest BCUT2D eigenvalue weighted by Gasteiger charge is -2.23. The molecule has 0 spiro atoms. The summed E-state index contributed by atoms with van der Waals surface area (Å²) in [5.74, 6) is 0.167. The molecule has 0 heterocycles. The third-order valence-corrected chi connectivity index (χ3v) is 4.88. The minimum absolute atomic E-state index is 0.207. The zero-order valence-corrected chi connectivity index (χ0v) is 17.3. The quantitative estimate of drug-likeness (QED) is 0.463. The van der Waals surface area contributed by atoms with Gasteiger partial charge in [0.05, 0.1) is 13.7 Å². The van der Waals surface area contributed by atoms with E-state index in [-0.39, 0.29) is 24.4 Å². The fourth-order valence-corrected chi connectivity index (χ4v) is 3.19. The smallest absolute Gasteiger partial charge is 0.319 e. The van der Waals surface area contributed by atoms with Crippen molar-refractivity contribution in [2.24, 2.45) is 0 Å². The highest BCUT2D eigenvalue weighted by atomic mass is 19.1. The van der Waals surface area contributed by atoms with Crippen LogP contribution in [0.4, 0.5) is 4.39 Å². The van der Waals surface area contributed by atoms with Crippen LogP contribution < -0.4 is 4.74 Å². The number of nitrogens with zero attached hydrogens (tertiary/aromatic N) is 1. The number of benzene rings is 3. The third-order valence-electron chi connectivity index (χ3n) is 4.88. The Morgan fingerprint density at radius 1 is 0.933 bits per heavy atom. The molecular weight excluding hydrogens is 380 g/mol. The number of carbonyl (C=O) groups excluding carboxylic acids is 1. The lowest BCUT2D eigenvalue weighted by molar-refractivity contribution is -0.141. The second-order valence-electron chi connectivity index (χ2n) is 7.15. The molecule has 0 saturated carbocycles. The SMILES string of the molecule is COC(=O)CN([11CH3])CC[C@H](Oc1ccc(-c2ccccc2)cc1)c1ccc(F)cc1. The van der Waals surface area contributed by atoms with Gasteiger partial charge in [-0.1, -0.05) is 54.6 Å². The summed E-state index contributed by atoms with van der Waals surface area (Å²) < 4.78 is 24.3. The zero-order valence-electron chi connectivity index (χ0n) is 17.3. The molecule has 0 aliphatic heterocycles. The third kappa shape index (κ3) is 6.16. The van der Waals surface area contributed by atoms with Gasteiger partial charge in [0.1, 0.15) is 17.7 Å². The minimum Gasteiger partial charge on any atom is -0.486 e. The number of halogens is 1. The molecular formula is C25H26FNO3. The van der Waals surface area contributed by atoms with Crippen molar-refractivity contribution < 1.29 is 18.7 Å². The van der Waals surface area contributed by atoms with Gasteiger partial charge in [0.25, 0.3) is 0 Å². The predicted molar refractivity (Wildman–Crippen MR) is 116 cm³/mol. The fraction of sp³-hybridized carbons (Fsp3) is 0.240. The Labute approximate surface area is 176 Å². The second-order valence-corrected chi connectivity index (χ2v) is 7.15. The van der Waals surface area contributed by atoms with E-state index >= 15 is 0 Å². The standard InChI is InChI=1S/C25H26FNO3/c1-27(18-25(28)29-2)17-16-24(21-8-12-22(26)13-9-21)30-23-14-10-20(11-15-23)19-6-4-3-5-7-19/h3-15,24H,16-18H2,1-2H3/t24-/m0/s1/i1-1. The van der Waals surface area contributed by atoms with Gasteiger partial charge in [-0.15, -0.1) is 0 Å². The van der Waals surface area contributed by atoms with E-state index in [0.29, 0.717) is 13.0 Å². The van der Waals surface area contributed by atoms with Gasteiger partial charge < -0.3 is 9.47 Å². The number of esters is 1. The van der Waals surface area contributed by atoms with Gasteiger partial charge in [0.2, 0.25) is 0 Å². The monoisotopic (exact) mass is 406 g/mol. The fourth-order valence-electron chi connectivity index (χ4n) is 3.19. The number of methoxy groups -OCH3 is 1. The highest BCUT2D eigenvalue weighted by molar-refractivity contribution is 5.71. The van der Waals surface area contributed by atoms with Crippen molar-refractivity contribution in [3.8, 4) is 16.9 Å². The average Bonchev–Trinajstić information content (AvgIpc) is 2.78. The Kier molecular flexibility index (Phi) is 7.57. The summed E-state index contributed by atoms with van der Waals surface area (Å²) in [6.45, 7) is 0.831. The zero-order chi connectivity index (χ0) is 21.3. The van der Waals surface area contributed by atoms with Crippen LogP contribution in [0.3, 0.4) is 0 Å². The van der Waals surface area contributed by atoms with Gasteiger partial charge in [-0.3, -0.25) is 9.69 Å². The van der Waals surface area contributed by atoms with E-state index in [1.165, 1.54) is 19.2 Å². The first-order valence-electron chi connectivity index (χ1n) is 9.88. The Balaban J connectivity index is 1.71.